The third-order valence-corrected chi connectivity index (χ3v) is 5.86. The van der Waals surface area contributed by atoms with Gasteiger partial charge >= 0.3 is 6.97 Å². The first-order valence-electron chi connectivity index (χ1n) is 8.79. The Labute approximate surface area is 165 Å². The molecule has 140 valence electrons. The molecule has 0 spiro atoms. The molecule has 0 fully saturated rings. The molecule has 7 heteroatoms. The second-order valence-corrected chi connectivity index (χ2v) is 8.10. The smallest absolute Gasteiger partial charge is 0.496 e. The molecule has 2 aliphatic rings. The average Bonchev–Trinajstić information content (AvgIpc) is 3.05. The fraction of sp³-hybridized carbons (Fsp3) is 0.250. The van der Waals surface area contributed by atoms with Crippen molar-refractivity contribution in [2.75, 3.05) is 7.11 Å². The van der Waals surface area contributed by atoms with Crippen molar-refractivity contribution in [2.24, 2.45) is 0 Å². The first kappa shape index (κ1) is 18.2. The molecule has 0 saturated heterocycles. The Morgan fingerprint density at radius 1 is 1.11 bits per heavy atom. The monoisotopic (exact) mass is 432 g/mol. The number of rotatable bonds is 2. The third kappa shape index (κ3) is 2.40. The topological polar surface area (TPSA) is 17.2 Å². The molecule has 1 aromatic carbocycles. The van der Waals surface area contributed by atoms with Crippen molar-refractivity contribution < 1.29 is 17.9 Å². The number of nitrogens with zero attached hydrogens (tertiary/aromatic N) is 2. The van der Waals surface area contributed by atoms with Gasteiger partial charge in [-0.05, 0) is 56.3 Å². The van der Waals surface area contributed by atoms with Crippen LogP contribution in [0.1, 0.15) is 36.4 Å². The summed E-state index contributed by atoms with van der Waals surface area (Å²) in [6.45, 7) is 3.27. The molecule has 1 aromatic heterocycles. The Morgan fingerprint density at radius 2 is 1.81 bits per heavy atom. The third-order valence-electron chi connectivity index (χ3n) is 5.37. The van der Waals surface area contributed by atoms with Gasteiger partial charge in [-0.2, -0.15) is 0 Å². The minimum absolute atomic E-state index is 0.551. The number of fused-ring (bicyclic) bond motifs is 2. The molecular weight excluding hydrogens is 413 g/mol. The van der Waals surface area contributed by atoms with Gasteiger partial charge in [-0.1, -0.05) is 15.9 Å². The molecule has 0 amide bonds. The fourth-order valence-electron chi connectivity index (χ4n) is 4.43. The lowest BCUT2D eigenvalue weighted by atomic mass is 9.83. The average molecular weight is 433 g/mol. The summed E-state index contributed by atoms with van der Waals surface area (Å²) in [5.41, 5.74) is 5.45. The van der Waals surface area contributed by atoms with E-state index >= 15 is 8.63 Å². The van der Waals surface area contributed by atoms with Gasteiger partial charge < -0.3 is 22.3 Å². The number of halogens is 3. The summed E-state index contributed by atoms with van der Waals surface area (Å²) >= 11 is 3.52. The van der Waals surface area contributed by atoms with Crippen LogP contribution in [-0.2, 0) is 0 Å². The first-order chi connectivity index (χ1) is 12.7. The van der Waals surface area contributed by atoms with Crippen LogP contribution < -0.4 is 4.74 Å². The Kier molecular flexibility index (Phi) is 4.00. The second-order valence-electron chi connectivity index (χ2n) is 7.18. The van der Waals surface area contributed by atoms with Crippen molar-refractivity contribution in [1.29, 1.82) is 0 Å². The zero-order chi connectivity index (χ0) is 19.7. The van der Waals surface area contributed by atoms with E-state index in [1.165, 1.54) is 8.96 Å². The number of hydrogen-bond acceptors (Lipinski definition) is 1. The summed E-state index contributed by atoms with van der Waals surface area (Å²) in [5, 5.41) is 0. The number of hydrogen-bond donors (Lipinski definition) is 0. The van der Waals surface area contributed by atoms with E-state index in [4.69, 9.17) is 4.74 Å². The maximum Gasteiger partial charge on any atom is 0.737 e. The summed E-state index contributed by atoms with van der Waals surface area (Å²) in [6.07, 6.45) is 1.83. The molecule has 0 radical (unpaired) electrons. The van der Waals surface area contributed by atoms with Crippen molar-refractivity contribution in [3.05, 3.63) is 68.6 Å². The van der Waals surface area contributed by atoms with E-state index in [0.29, 0.717) is 28.5 Å². The van der Waals surface area contributed by atoms with Crippen LogP contribution in [0.25, 0.3) is 5.57 Å². The number of ether oxygens (including phenoxy) is 1. The van der Waals surface area contributed by atoms with Crippen LogP contribution in [-0.4, -0.2) is 28.8 Å². The molecule has 3 heterocycles. The van der Waals surface area contributed by atoms with Crippen molar-refractivity contribution in [3.8, 4) is 5.75 Å². The molecule has 0 N–H and O–H groups in total. The Balaban J connectivity index is 2.21. The maximum absolute atomic E-state index is 15.6. The molecule has 0 unspecified atom stereocenters. The van der Waals surface area contributed by atoms with Gasteiger partial charge in [0.15, 0.2) is 5.70 Å². The summed E-state index contributed by atoms with van der Waals surface area (Å²) in [7, 11) is 1.60. The number of aryl methyl sites for hydroxylation is 2. The van der Waals surface area contributed by atoms with Crippen molar-refractivity contribution in [1.82, 2.24) is 4.48 Å². The Hall–Kier alpha value is -2.15. The molecule has 27 heavy (non-hydrogen) atoms. The molecule has 0 atom stereocenters. The molecule has 0 bridgehead atoms. The van der Waals surface area contributed by atoms with Crippen LogP contribution in [0.2, 0.25) is 0 Å². The molecule has 0 aliphatic carbocycles. The number of aromatic nitrogens is 1. The lowest BCUT2D eigenvalue weighted by molar-refractivity contribution is -0.363. The van der Waals surface area contributed by atoms with Crippen LogP contribution in [0.15, 0.2) is 46.1 Å². The van der Waals surface area contributed by atoms with E-state index in [-0.39, 0.29) is 0 Å². The Bertz CT molecular complexity index is 1100. The highest BCUT2D eigenvalue weighted by Crippen LogP contribution is 2.46. The van der Waals surface area contributed by atoms with Gasteiger partial charge in [0.25, 0.3) is 0 Å². The van der Waals surface area contributed by atoms with E-state index < -0.39 is 6.97 Å². The van der Waals surface area contributed by atoms with E-state index in [2.05, 4.69) is 15.9 Å². The second kappa shape index (κ2) is 5.93. The summed E-state index contributed by atoms with van der Waals surface area (Å²) in [4.78, 5) is 0. The minimum Gasteiger partial charge on any atom is -0.496 e. The van der Waals surface area contributed by atoms with Crippen molar-refractivity contribution in [2.45, 2.75) is 27.7 Å². The summed E-state index contributed by atoms with van der Waals surface area (Å²) < 4.78 is 40.1. The first-order valence-corrected chi connectivity index (χ1v) is 9.58. The van der Waals surface area contributed by atoms with Gasteiger partial charge in [0, 0.05) is 34.3 Å². The highest BCUT2D eigenvalue weighted by molar-refractivity contribution is 9.10. The van der Waals surface area contributed by atoms with Gasteiger partial charge in [-0.15, -0.1) is 0 Å². The predicted molar refractivity (Wildman–Crippen MR) is 109 cm³/mol. The summed E-state index contributed by atoms with van der Waals surface area (Å²) in [6, 6.07) is 7.50. The van der Waals surface area contributed by atoms with E-state index in [9.17, 15) is 0 Å². The maximum atomic E-state index is 15.6. The standard InChI is InChI=1S/C20H20BBrF2N2O/c1-11-8-13(3)25-19(11)18(16-10-15(22)6-7-17(16)27-5)20-12(2)9-14(4)26(20)21(25,23)24/h6-10H,1-5H3. The van der Waals surface area contributed by atoms with Crippen LogP contribution in [0.4, 0.5) is 8.63 Å². The predicted octanol–water partition coefficient (Wildman–Crippen LogP) is 5.31. The van der Waals surface area contributed by atoms with Gasteiger partial charge in [0.1, 0.15) is 11.5 Å². The molecule has 2 aromatic rings. The zero-order valence-electron chi connectivity index (χ0n) is 15.9. The van der Waals surface area contributed by atoms with Gasteiger partial charge in [0.2, 0.25) is 0 Å². The summed E-state index contributed by atoms with van der Waals surface area (Å²) in [5.74, 6) is 0.653. The van der Waals surface area contributed by atoms with Crippen molar-refractivity contribution in [3.63, 3.8) is 0 Å². The SMILES string of the molecule is COc1ccc(Br)cc1C1=C2C(C)=CC(C)=[N+]2[B-](F)(F)n2c(C)cc(C)c21. The minimum atomic E-state index is -3.97. The molecule has 4 rings (SSSR count). The number of benzene rings is 1. The lowest BCUT2D eigenvalue weighted by Gasteiger charge is -2.34. The van der Waals surface area contributed by atoms with E-state index in [1.54, 1.807) is 21.0 Å². The van der Waals surface area contributed by atoms with Crippen LogP contribution >= 0.6 is 15.9 Å². The molecular formula is C20H20BBrF2N2O. The zero-order valence-corrected chi connectivity index (χ0v) is 17.5. The molecule has 2 aliphatic heterocycles. The quantitative estimate of drug-likeness (QED) is 0.588. The highest BCUT2D eigenvalue weighted by Gasteiger charge is 2.55. The fourth-order valence-corrected chi connectivity index (χ4v) is 4.79. The number of methoxy groups -OCH3 is 1. The van der Waals surface area contributed by atoms with E-state index in [1.807, 2.05) is 44.2 Å². The van der Waals surface area contributed by atoms with Gasteiger partial charge in [-0.25, -0.2) is 0 Å². The Morgan fingerprint density at radius 3 is 2.48 bits per heavy atom. The normalized spacial score (nSPS) is 17.9. The van der Waals surface area contributed by atoms with Crippen molar-refractivity contribution >= 4 is 34.2 Å². The van der Waals surface area contributed by atoms with Crippen LogP contribution in [0.3, 0.4) is 0 Å². The molecule has 3 nitrogen and oxygen atoms in total. The molecule has 0 saturated carbocycles. The van der Waals surface area contributed by atoms with Crippen LogP contribution in [0, 0.1) is 13.8 Å². The van der Waals surface area contributed by atoms with Gasteiger partial charge in [0.05, 0.1) is 12.7 Å². The van der Waals surface area contributed by atoms with Crippen LogP contribution in [0.5, 0.6) is 5.75 Å². The lowest BCUT2D eigenvalue weighted by Crippen LogP contribution is -2.51. The largest absolute Gasteiger partial charge is 0.737 e. The van der Waals surface area contributed by atoms with Gasteiger partial charge in [-0.3, -0.25) is 0 Å². The highest BCUT2D eigenvalue weighted by atomic mass is 79.9. The number of allylic oxidation sites excluding steroid dienone is 2. The van der Waals surface area contributed by atoms with E-state index in [0.717, 1.165) is 26.7 Å².